The molecule has 0 aromatic carbocycles. The summed E-state index contributed by atoms with van der Waals surface area (Å²) in [6, 6.07) is 8.04. The highest BCUT2D eigenvalue weighted by molar-refractivity contribution is 9.09. The van der Waals surface area contributed by atoms with Crippen molar-refractivity contribution in [3.63, 3.8) is 0 Å². The largest absolute Gasteiger partial charge is 0.534 e. The van der Waals surface area contributed by atoms with Crippen LogP contribution in [0.5, 0.6) is 5.88 Å². The number of ether oxygens (including phenoxy) is 1. The summed E-state index contributed by atoms with van der Waals surface area (Å²) >= 11 is 8.96. The van der Waals surface area contributed by atoms with E-state index in [4.69, 9.17) is 27.7 Å². The van der Waals surface area contributed by atoms with Crippen LogP contribution in [0, 0.1) is 39.9 Å². The minimum Gasteiger partial charge on any atom is -0.469 e. The molecular formula is C35H45BrF3N9O10S4. The van der Waals surface area contributed by atoms with Crippen molar-refractivity contribution >= 4 is 96.3 Å². The van der Waals surface area contributed by atoms with Crippen LogP contribution in [0.3, 0.4) is 0 Å². The third-order valence-electron chi connectivity index (χ3n) is 6.26. The molecule has 2 aromatic rings. The first-order valence-corrected chi connectivity index (χ1v) is 21.9. The summed E-state index contributed by atoms with van der Waals surface area (Å²) in [5, 5.41) is 26.6. The van der Waals surface area contributed by atoms with E-state index in [2.05, 4.69) is 58.8 Å². The minimum atomic E-state index is -5.91. The number of carbonyl (C=O) groups excluding carboxylic acids is 5. The van der Waals surface area contributed by atoms with Crippen LogP contribution in [-0.4, -0.2) is 82.3 Å². The molecule has 27 heteroatoms. The summed E-state index contributed by atoms with van der Waals surface area (Å²) in [6.45, 7) is 10.6. The van der Waals surface area contributed by atoms with Gasteiger partial charge < -0.3 is 36.8 Å². The Morgan fingerprint density at radius 3 is 1.69 bits per heavy atom. The number of alkyl halides is 4. The van der Waals surface area contributed by atoms with Gasteiger partial charge in [-0.3, -0.25) is 28.8 Å². The number of amides is 3. The van der Waals surface area contributed by atoms with Crippen molar-refractivity contribution in [3.05, 3.63) is 44.7 Å². The maximum Gasteiger partial charge on any atom is 0.534 e. The number of thiocarbonyl (C=S) groups is 1. The zero-order valence-corrected chi connectivity index (χ0v) is 39.1. The van der Waals surface area contributed by atoms with Crippen molar-refractivity contribution in [2.75, 3.05) is 23.9 Å². The van der Waals surface area contributed by atoms with Crippen LogP contribution in [0.15, 0.2) is 27.0 Å². The van der Waals surface area contributed by atoms with Gasteiger partial charge in [0, 0.05) is 18.1 Å². The van der Waals surface area contributed by atoms with Gasteiger partial charge in [0.25, 0.3) is 0 Å². The van der Waals surface area contributed by atoms with Gasteiger partial charge in [0.2, 0.25) is 29.2 Å². The van der Waals surface area contributed by atoms with Crippen molar-refractivity contribution in [3.8, 4) is 24.1 Å². The predicted molar refractivity (Wildman–Crippen MR) is 231 cm³/mol. The Balaban J connectivity index is -0.000000792. The number of pyridine rings is 2. The van der Waals surface area contributed by atoms with E-state index in [9.17, 15) is 55.6 Å². The second-order valence-electron chi connectivity index (χ2n) is 12.3. The van der Waals surface area contributed by atoms with Crippen molar-refractivity contribution in [1.29, 1.82) is 15.8 Å². The number of nitrogens with two attached hydrogens (primary N) is 4. The van der Waals surface area contributed by atoms with Crippen LogP contribution in [0.1, 0.15) is 88.5 Å². The fourth-order valence-electron chi connectivity index (χ4n) is 3.40. The third-order valence-corrected chi connectivity index (χ3v) is 9.94. The first kappa shape index (κ1) is 61.0. The summed E-state index contributed by atoms with van der Waals surface area (Å²) in [7, 11) is -4.63. The first-order valence-electron chi connectivity index (χ1n) is 17.0. The van der Waals surface area contributed by atoms with Crippen LogP contribution in [0.4, 0.5) is 13.2 Å². The van der Waals surface area contributed by atoms with Gasteiger partial charge in [-0.25, -0.2) is 4.98 Å². The fraction of sp³-hybridized carbons (Fsp3) is 0.457. The zero-order valence-electron chi connectivity index (χ0n) is 34.2. The van der Waals surface area contributed by atoms with Crippen LogP contribution in [-0.2, 0) is 38.8 Å². The summed E-state index contributed by atoms with van der Waals surface area (Å²) in [5.41, 5.74) is 15.0. The number of methoxy groups -OCH3 is 1. The molecule has 2 aromatic heterocycles. The van der Waals surface area contributed by atoms with Gasteiger partial charge in [-0.05, 0) is 23.0 Å². The zero-order chi connectivity index (χ0) is 49.1. The van der Waals surface area contributed by atoms with Crippen molar-refractivity contribution in [2.24, 2.45) is 28.9 Å². The molecule has 62 heavy (non-hydrogen) atoms. The van der Waals surface area contributed by atoms with Gasteiger partial charge >= 0.3 is 21.6 Å². The molecule has 0 saturated carbocycles. The number of nitriles is 3. The van der Waals surface area contributed by atoms with E-state index in [1.165, 1.54) is 13.2 Å². The number of H-pyrrole nitrogens is 1. The molecule has 342 valence electrons. The topological polar surface area (TPSA) is 359 Å². The Morgan fingerprint density at radius 1 is 0.887 bits per heavy atom. The lowest BCUT2D eigenvalue weighted by Gasteiger charge is -2.14. The van der Waals surface area contributed by atoms with Crippen molar-refractivity contribution in [2.45, 2.75) is 81.8 Å². The van der Waals surface area contributed by atoms with E-state index in [-0.39, 0.29) is 85.8 Å². The summed E-state index contributed by atoms with van der Waals surface area (Å²) in [6.07, 6.45) is 0.0868. The second-order valence-corrected chi connectivity index (χ2v) is 16.9. The number of aromatic nitrogens is 2. The lowest BCUT2D eigenvalue weighted by molar-refractivity contribution is -0.144. The number of nitrogens with zero attached hydrogens (tertiary/aromatic N) is 4. The van der Waals surface area contributed by atoms with E-state index < -0.39 is 39.3 Å². The molecule has 0 aliphatic rings. The summed E-state index contributed by atoms with van der Waals surface area (Å²) in [5.74, 6) is -3.57. The molecule has 9 N–H and O–H groups in total. The van der Waals surface area contributed by atoms with E-state index in [1.807, 2.05) is 19.9 Å². The average molecular weight is 1020 g/mol. The number of thioether (sulfide) groups is 2. The van der Waals surface area contributed by atoms with Gasteiger partial charge in [-0.1, -0.05) is 93.2 Å². The number of esters is 1. The Bertz CT molecular complexity index is 2190. The smallest absolute Gasteiger partial charge is 0.469 e. The maximum absolute atomic E-state index is 12.4. The number of rotatable bonds is 15. The molecule has 0 unspecified atom stereocenters. The highest BCUT2D eigenvalue weighted by Crippen LogP contribution is 2.33. The standard InChI is InChI=1S/C12H12F3N3O4S2.C11H13N3O2S.C7H12O3.C3H4N2S.C2H4BrNO/c1-6(2)7-3-10(22-24(20,21)12(13,14)15)18-11(8(7)4-16)23-5-9(17)19;1-6(2)7-3-10(16)14-11(8(7)4-12)17-5-9(13)15;1-5(2)6(8)4-7(9)10-3;4-2-1-3(5)6;3-1-2(4)5/h3,6H,5H2,1-2H3,(H2,17,19);3,6H,5H2,1-2H3,(H2,13,15)(H,14,16);5H,4H2,1-3H3;1H2,(H2,5,6);1H2,(H2,4,5). The van der Waals surface area contributed by atoms with Gasteiger partial charge in [0.05, 0.1) is 57.6 Å². The number of primary amides is 3. The molecule has 2 heterocycles. The van der Waals surface area contributed by atoms with Crippen LogP contribution in [0.25, 0.3) is 0 Å². The molecule has 0 atom stereocenters. The molecule has 0 fully saturated rings. The van der Waals surface area contributed by atoms with Crippen molar-refractivity contribution in [1.82, 2.24) is 9.97 Å². The minimum absolute atomic E-state index is 0.00741. The number of ketones is 1. The van der Waals surface area contributed by atoms with E-state index >= 15 is 0 Å². The van der Waals surface area contributed by atoms with Gasteiger partial charge in [-0.2, -0.15) is 37.4 Å². The van der Waals surface area contributed by atoms with Crippen molar-refractivity contribution < 1.29 is 54.5 Å². The van der Waals surface area contributed by atoms with Crippen LogP contribution in [0.2, 0.25) is 0 Å². The molecule has 0 radical (unpaired) electrons. The SMILES string of the molecule is CC(C)c1cc(=O)[nH]c(SCC(N)=O)c1C#N.CC(C)c1cc(OS(=O)(=O)C(F)(F)F)nc(SCC(N)=O)c1C#N.COC(=O)CC(=O)C(C)C.N#CCC(N)=S.NC(=O)CBr. The second kappa shape index (κ2) is 30.7. The quantitative estimate of drug-likeness (QED) is 0.0323. The Labute approximate surface area is 378 Å². The molecular weight excluding hydrogens is 972 g/mol. The van der Waals surface area contributed by atoms with Gasteiger partial charge in [-0.15, -0.1) is 0 Å². The fourth-order valence-corrected chi connectivity index (χ4v) is 5.38. The number of hydrogen-bond donors (Lipinski definition) is 5. The van der Waals surface area contributed by atoms with Crippen LogP contribution < -0.4 is 32.7 Å². The van der Waals surface area contributed by atoms with E-state index in [1.54, 1.807) is 33.8 Å². The maximum atomic E-state index is 12.4. The highest BCUT2D eigenvalue weighted by atomic mass is 79.9. The monoisotopic (exact) mass is 1020 g/mol. The van der Waals surface area contributed by atoms with E-state index in [0.29, 0.717) is 27.9 Å². The number of carbonyl (C=O) groups is 5. The Morgan fingerprint density at radius 2 is 1.35 bits per heavy atom. The van der Waals surface area contributed by atoms with Crippen LogP contribution >= 0.6 is 51.7 Å². The molecule has 0 saturated heterocycles. The number of Topliss-reactive ketones (excluding diaryl/α,β-unsaturated/α-hetero) is 1. The molecule has 0 spiro atoms. The first-order chi connectivity index (χ1) is 28.5. The Kier molecular flexibility index (Phi) is 30.2. The Hall–Kier alpha value is -5.27. The predicted octanol–water partition coefficient (Wildman–Crippen LogP) is 3.66. The molecule has 2 rings (SSSR count). The van der Waals surface area contributed by atoms with E-state index in [0.717, 1.165) is 17.8 Å². The third kappa shape index (κ3) is 26.2. The molecule has 0 aliphatic carbocycles. The van der Waals surface area contributed by atoms with Gasteiger partial charge in [0.1, 0.15) is 29.4 Å². The molecule has 3 amide bonds. The van der Waals surface area contributed by atoms with Gasteiger partial charge in [0.15, 0.2) is 0 Å². The highest BCUT2D eigenvalue weighted by Gasteiger charge is 2.49. The molecule has 19 nitrogen and oxygen atoms in total. The summed E-state index contributed by atoms with van der Waals surface area (Å²) < 4.78 is 67.8. The summed E-state index contributed by atoms with van der Waals surface area (Å²) in [4.78, 5) is 70.2. The number of hydrogen-bond acceptors (Lipinski definition) is 17. The lowest BCUT2D eigenvalue weighted by Crippen LogP contribution is -2.28. The molecule has 0 bridgehead atoms. The molecule has 0 aliphatic heterocycles. The lowest BCUT2D eigenvalue weighted by atomic mass is 10.00. The average Bonchev–Trinajstić information content (AvgIpc) is 3.15. The normalized spacial score (nSPS) is 10.2. The number of halogens is 4. The number of nitrogens with one attached hydrogen (secondary N) is 1. The number of aromatic amines is 1.